The van der Waals surface area contributed by atoms with Gasteiger partial charge in [0, 0.05) is 12.7 Å². The van der Waals surface area contributed by atoms with Crippen molar-refractivity contribution in [2.75, 3.05) is 19.1 Å². The topological polar surface area (TPSA) is 49.8 Å². The van der Waals surface area contributed by atoms with Gasteiger partial charge in [0.25, 0.3) is 0 Å². The lowest BCUT2D eigenvalue weighted by molar-refractivity contribution is 0.203. The number of amides is 1. The van der Waals surface area contributed by atoms with E-state index >= 15 is 0 Å². The number of hydrogen-bond acceptors (Lipinski definition) is 2. The van der Waals surface area contributed by atoms with Gasteiger partial charge in [0.05, 0.1) is 7.11 Å². The molecule has 4 nitrogen and oxygen atoms in total. The first kappa shape index (κ1) is 9.38. The largest absolute Gasteiger partial charge is 0.497 e. The lowest BCUT2D eigenvalue weighted by atomic mass is 10.3. The molecule has 4 heteroatoms. The van der Waals surface area contributed by atoms with Gasteiger partial charge >= 0.3 is 6.09 Å². The van der Waals surface area contributed by atoms with Crippen molar-refractivity contribution in [1.82, 2.24) is 0 Å². The van der Waals surface area contributed by atoms with Crippen LogP contribution in [-0.2, 0) is 0 Å². The van der Waals surface area contributed by atoms with E-state index < -0.39 is 6.09 Å². The van der Waals surface area contributed by atoms with Crippen LogP contribution in [0.25, 0.3) is 0 Å². The lowest BCUT2D eigenvalue weighted by Gasteiger charge is -2.12. The second-order valence-corrected chi connectivity index (χ2v) is 2.54. The van der Waals surface area contributed by atoms with Crippen LogP contribution in [0.5, 0.6) is 5.75 Å². The van der Waals surface area contributed by atoms with Crippen LogP contribution in [0.2, 0.25) is 0 Å². The van der Waals surface area contributed by atoms with Crippen molar-refractivity contribution >= 4 is 11.8 Å². The van der Waals surface area contributed by atoms with Crippen LogP contribution in [0.4, 0.5) is 10.5 Å². The van der Waals surface area contributed by atoms with Gasteiger partial charge in [-0.05, 0) is 24.3 Å². The molecule has 0 saturated heterocycles. The molecule has 1 aromatic rings. The first-order valence-electron chi connectivity index (χ1n) is 3.76. The number of carbonyl (C=O) groups is 1. The summed E-state index contributed by atoms with van der Waals surface area (Å²) in [6, 6.07) is 6.81. The Bertz CT molecular complexity index is 294. The maximum Gasteiger partial charge on any atom is 0.411 e. The molecule has 0 radical (unpaired) electrons. The minimum Gasteiger partial charge on any atom is -0.497 e. The van der Waals surface area contributed by atoms with E-state index in [1.807, 2.05) is 0 Å². The van der Waals surface area contributed by atoms with Gasteiger partial charge in [0.2, 0.25) is 0 Å². The standard InChI is InChI=1S/C9H11NO3/c1-10(9(11)12)7-3-5-8(13-2)6-4-7/h3-6H,1-2H3,(H,11,12). The molecule has 0 atom stereocenters. The van der Waals surface area contributed by atoms with Crippen LogP contribution < -0.4 is 9.64 Å². The molecule has 0 saturated carbocycles. The zero-order chi connectivity index (χ0) is 9.84. The van der Waals surface area contributed by atoms with E-state index in [9.17, 15) is 4.79 Å². The molecule has 1 aromatic carbocycles. The molecule has 13 heavy (non-hydrogen) atoms. The number of hydrogen-bond donors (Lipinski definition) is 1. The average molecular weight is 181 g/mol. The van der Waals surface area contributed by atoms with Gasteiger partial charge in [0.15, 0.2) is 0 Å². The third-order valence-corrected chi connectivity index (χ3v) is 1.75. The van der Waals surface area contributed by atoms with Gasteiger partial charge in [-0.1, -0.05) is 0 Å². The normalized spacial score (nSPS) is 9.38. The summed E-state index contributed by atoms with van der Waals surface area (Å²) in [5.41, 5.74) is 0.619. The van der Waals surface area contributed by atoms with Gasteiger partial charge in [-0.25, -0.2) is 4.79 Å². The van der Waals surface area contributed by atoms with Gasteiger partial charge in [-0.3, -0.25) is 4.90 Å². The molecule has 0 aliphatic rings. The third-order valence-electron chi connectivity index (χ3n) is 1.75. The van der Waals surface area contributed by atoms with E-state index in [-0.39, 0.29) is 0 Å². The van der Waals surface area contributed by atoms with Crippen molar-refractivity contribution in [3.05, 3.63) is 24.3 Å². The first-order chi connectivity index (χ1) is 6.15. The number of benzene rings is 1. The molecule has 0 aromatic heterocycles. The molecule has 0 unspecified atom stereocenters. The van der Waals surface area contributed by atoms with E-state index in [0.29, 0.717) is 11.4 Å². The summed E-state index contributed by atoms with van der Waals surface area (Å²) in [6.45, 7) is 0. The van der Waals surface area contributed by atoms with Crippen LogP contribution in [0.15, 0.2) is 24.3 Å². The van der Waals surface area contributed by atoms with E-state index in [2.05, 4.69) is 0 Å². The highest BCUT2D eigenvalue weighted by molar-refractivity contribution is 5.85. The van der Waals surface area contributed by atoms with Crippen molar-refractivity contribution in [1.29, 1.82) is 0 Å². The molecule has 0 fully saturated rings. The molecular weight excluding hydrogens is 170 g/mol. The second-order valence-electron chi connectivity index (χ2n) is 2.54. The van der Waals surface area contributed by atoms with E-state index in [1.165, 1.54) is 7.05 Å². The fourth-order valence-electron chi connectivity index (χ4n) is 0.916. The molecule has 0 bridgehead atoms. The zero-order valence-electron chi connectivity index (χ0n) is 7.52. The molecule has 1 N–H and O–H groups in total. The number of rotatable bonds is 2. The van der Waals surface area contributed by atoms with Crippen LogP contribution in [0.1, 0.15) is 0 Å². The zero-order valence-corrected chi connectivity index (χ0v) is 7.52. The predicted molar refractivity (Wildman–Crippen MR) is 49.4 cm³/mol. The minimum atomic E-state index is -0.981. The van der Waals surface area contributed by atoms with Crippen LogP contribution in [0, 0.1) is 0 Å². The molecule has 1 amide bonds. The second kappa shape index (κ2) is 3.80. The van der Waals surface area contributed by atoms with Gasteiger partial charge in [-0.15, -0.1) is 0 Å². The molecule has 0 aliphatic carbocycles. The SMILES string of the molecule is COc1ccc(N(C)C(=O)O)cc1. The monoisotopic (exact) mass is 181 g/mol. The Morgan fingerprint density at radius 1 is 1.38 bits per heavy atom. The summed E-state index contributed by atoms with van der Waals surface area (Å²) in [6.07, 6.45) is -0.981. The van der Waals surface area contributed by atoms with Crippen molar-refractivity contribution < 1.29 is 14.6 Å². The van der Waals surface area contributed by atoms with E-state index in [4.69, 9.17) is 9.84 Å². The Kier molecular flexibility index (Phi) is 2.74. The Balaban J connectivity index is 2.85. The molecule has 0 heterocycles. The number of anilines is 1. The van der Waals surface area contributed by atoms with Crippen molar-refractivity contribution in [2.45, 2.75) is 0 Å². The summed E-state index contributed by atoms with van der Waals surface area (Å²) >= 11 is 0. The Morgan fingerprint density at radius 2 is 1.92 bits per heavy atom. The molecule has 1 rings (SSSR count). The number of carboxylic acid groups (broad SMARTS) is 1. The fraction of sp³-hybridized carbons (Fsp3) is 0.222. The molecule has 70 valence electrons. The average Bonchev–Trinajstić information content (AvgIpc) is 2.17. The predicted octanol–water partition coefficient (Wildman–Crippen LogP) is 1.81. The van der Waals surface area contributed by atoms with E-state index in [0.717, 1.165) is 4.90 Å². The number of nitrogens with zero attached hydrogens (tertiary/aromatic N) is 1. The summed E-state index contributed by atoms with van der Waals surface area (Å²) in [5, 5.41) is 8.66. The highest BCUT2D eigenvalue weighted by Crippen LogP contribution is 2.17. The maximum atomic E-state index is 10.5. The maximum absolute atomic E-state index is 10.5. The number of ether oxygens (including phenoxy) is 1. The van der Waals surface area contributed by atoms with Crippen LogP contribution in [0.3, 0.4) is 0 Å². The lowest BCUT2D eigenvalue weighted by Crippen LogP contribution is -2.23. The molecule has 0 spiro atoms. The highest BCUT2D eigenvalue weighted by atomic mass is 16.5. The van der Waals surface area contributed by atoms with Crippen LogP contribution in [-0.4, -0.2) is 25.4 Å². The summed E-state index contributed by atoms with van der Waals surface area (Å²) in [4.78, 5) is 11.7. The van der Waals surface area contributed by atoms with Crippen molar-refractivity contribution in [3.8, 4) is 5.75 Å². The first-order valence-corrected chi connectivity index (χ1v) is 3.76. The molecular formula is C9H11NO3. The quantitative estimate of drug-likeness (QED) is 0.756. The highest BCUT2D eigenvalue weighted by Gasteiger charge is 2.07. The molecule has 0 aliphatic heterocycles. The van der Waals surface area contributed by atoms with Gasteiger partial charge in [-0.2, -0.15) is 0 Å². The van der Waals surface area contributed by atoms with Crippen molar-refractivity contribution in [2.24, 2.45) is 0 Å². The summed E-state index contributed by atoms with van der Waals surface area (Å²) < 4.78 is 4.94. The summed E-state index contributed by atoms with van der Waals surface area (Å²) in [5.74, 6) is 0.711. The minimum absolute atomic E-state index is 0.619. The fourth-order valence-corrected chi connectivity index (χ4v) is 0.916. The Morgan fingerprint density at radius 3 is 2.31 bits per heavy atom. The smallest absolute Gasteiger partial charge is 0.411 e. The van der Waals surface area contributed by atoms with Crippen molar-refractivity contribution in [3.63, 3.8) is 0 Å². The number of methoxy groups -OCH3 is 1. The Labute approximate surface area is 76.4 Å². The van der Waals surface area contributed by atoms with E-state index in [1.54, 1.807) is 31.4 Å². The summed E-state index contributed by atoms with van der Waals surface area (Å²) in [7, 11) is 3.06. The third kappa shape index (κ3) is 2.11. The van der Waals surface area contributed by atoms with Gasteiger partial charge in [0.1, 0.15) is 5.75 Å². The Hall–Kier alpha value is -1.71. The van der Waals surface area contributed by atoms with Crippen LogP contribution >= 0.6 is 0 Å². The van der Waals surface area contributed by atoms with Gasteiger partial charge < -0.3 is 9.84 Å².